The van der Waals surface area contributed by atoms with Crippen molar-refractivity contribution in [3.05, 3.63) is 76.6 Å². The third kappa shape index (κ3) is 4.55. The largest absolute Gasteiger partial charge is 0.348 e. The van der Waals surface area contributed by atoms with Gasteiger partial charge in [-0.25, -0.2) is 14.4 Å². The molecular formula is C21H20ClFN4. The topological polar surface area (TPSA) is 40.0 Å². The van der Waals surface area contributed by atoms with Gasteiger partial charge in [-0.2, -0.15) is 0 Å². The van der Waals surface area contributed by atoms with Gasteiger partial charge >= 0.3 is 0 Å². The third-order valence-electron chi connectivity index (χ3n) is 4.70. The first-order valence-corrected chi connectivity index (χ1v) is 9.34. The molecule has 1 aliphatic heterocycles. The quantitative estimate of drug-likeness (QED) is 0.847. The first kappa shape index (κ1) is 17.7. The lowest BCUT2D eigenvalue weighted by Gasteiger charge is -2.22. The number of halogens is 2. The number of nitrogens with one attached hydrogen (secondary N) is 1. The van der Waals surface area contributed by atoms with Crippen molar-refractivity contribution in [3.8, 4) is 0 Å². The highest BCUT2D eigenvalue weighted by Gasteiger charge is 2.19. The molecule has 4 nitrogen and oxygen atoms in total. The summed E-state index contributed by atoms with van der Waals surface area (Å²) in [5.41, 5.74) is 3.47. The SMILES string of the molecule is Fc1ccc(C2=CC(NC3=NCN(Cc4ccc(Cl)cc4)C=N3)CC2)cc1. The number of hydrogen-bond acceptors (Lipinski definition) is 4. The van der Waals surface area contributed by atoms with Crippen molar-refractivity contribution in [1.29, 1.82) is 0 Å². The second kappa shape index (κ2) is 7.92. The van der Waals surface area contributed by atoms with Gasteiger partial charge in [0.1, 0.15) is 12.5 Å². The first-order chi connectivity index (χ1) is 13.2. The maximum atomic E-state index is 13.1. The molecule has 0 radical (unpaired) electrons. The van der Waals surface area contributed by atoms with Crippen LogP contribution in [-0.2, 0) is 6.54 Å². The lowest BCUT2D eigenvalue weighted by molar-refractivity contribution is 0.432. The van der Waals surface area contributed by atoms with E-state index in [9.17, 15) is 4.39 Å². The van der Waals surface area contributed by atoms with E-state index >= 15 is 0 Å². The molecule has 1 aliphatic carbocycles. The van der Waals surface area contributed by atoms with E-state index in [4.69, 9.17) is 11.6 Å². The fraction of sp³-hybridized carbons (Fsp3) is 0.238. The Morgan fingerprint density at radius 3 is 2.59 bits per heavy atom. The lowest BCUT2D eigenvalue weighted by Crippen LogP contribution is -2.36. The van der Waals surface area contributed by atoms with Crippen LogP contribution < -0.4 is 5.32 Å². The van der Waals surface area contributed by atoms with Crippen molar-refractivity contribution in [1.82, 2.24) is 10.2 Å². The molecule has 2 aromatic rings. The average Bonchev–Trinajstić information content (AvgIpc) is 3.14. The van der Waals surface area contributed by atoms with Gasteiger partial charge in [0.05, 0.1) is 6.34 Å². The van der Waals surface area contributed by atoms with E-state index in [1.807, 2.05) is 47.6 Å². The lowest BCUT2D eigenvalue weighted by atomic mass is 10.1. The summed E-state index contributed by atoms with van der Waals surface area (Å²) in [5.74, 6) is 0.449. The average molecular weight is 383 g/mol. The van der Waals surface area contributed by atoms with E-state index in [0.717, 1.165) is 30.0 Å². The Morgan fingerprint density at radius 2 is 1.89 bits per heavy atom. The molecule has 6 heteroatoms. The van der Waals surface area contributed by atoms with Crippen LogP contribution >= 0.6 is 11.6 Å². The Kier molecular flexibility index (Phi) is 5.21. The summed E-state index contributed by atoms with van der Waals surface area (Å²) in [5, 5.41) is 4.11. The molecule has 0 spiro atoms. The van der Waals surface area contributed by atoms with Crippen molar-refractivity contribution in [2.45, 2.75) is 25.4 Å². The van der Waals surface area contributed by atoms with Crippen LogP contribution in [0.3, 0.4) is 0 Å². The summed E-state index contributed by atoms with van der Waals surface area (Å²) >= 11 is 5.92. The van der Waals surface area contributed by atoms with E-state index < -0.39 is 0 Å². The van der Waals surface area contributed by atoms with Gasteiger partial charge in [-0.3, -0.25) is 0 Å². The highest BCUT2D eigenvalue weighted by molar-refractivity contribution is 6.30. The van der Waals surface area contributed by atoms with Gasteiger partial charge < -0.3 is 10.2 Å². The Balaban J connectivity index is 1.32. The Labute approximate surface area is 163 Å². The molecule has 1 N–H and O–H groups in total. The molecular weight excluding hydrogens is 363 g/mol. The minimum atomic E-state index is -0.207. The second-order valence-corrected chi connectivity index (χ2v) is 7.17. The van der Waals surface area contributed by atoms with E-state index in [1.54, 1.807) is 0 Å². The molecule has 0 fully saturated rings. The van der Waals surface area contributed by atoms with Crippen LogP contribution in [0.25, 0.3) is 5.57 Å². The minimum Gasteiger partial charge on any atom is -0.348 e. The summed E-state index contributed by atoms with van der Waals surface area (Å²) in [6, 6.07) is 14.6. The predicted octanol–water partition coefficient (Wildman–Crippen LogP) is 4.47. The van der Waals surface area contributed by atoms with Crippen molar-refractivity contribution >= 4 is 29.5 Å². The summed E-state index contributed by atoms with van der Waals surface area (Å²) in [4.78, 5) is 11.0. The van der Waals surface area contributed by atoms with Crippen LogP contribution in [0.15, 0.2) is 64.6 Å². The zero-order valence-electron chi connectivity index (χ0n) is 14.8. The number of benzene rings is 2. The number of nitrogens with zero attached hydrogens (tertiary/aromatic N) is 3. The van der Waals surface area contributed by atoms with Crippen LogP contribution in [0.5, 0.6) is 0 Å². The minimum absolute atomic E-state index is 0.198. The van der Waals surface area contributed by atoms with Gasteiger partial charge in [-0.05, 0) is 53.8 Å². The monoisotopic (exact) mass is 382 g/mol. The smallest absolute Gasteiger partial charge is 0.221 e. The maximum Gasteiger partial charge on any atom is 0.221 e. The molecule has 4 rings (SSSR count). The zero-order chi connectivity index (χ0) is 18.6. The fourth-order valence-electron chi connectivity index (χ4n) is 3.27. The van der Waals surface area contributed by atoms with E-state index in [0.29, 0.717) is 12.6 Å². The van der Waals surface area contributed by atoms with Crippen LogP contribution in [0.1, 0.15) is 24.0 Å². The molecule has 0 saturated carbocycles. The van der Waals surface area contributed by atoms with Gasteiger partial charge in [-0.15, -0.1) is 0 Å². The van der Waals surface area contributed by atoms with Crippen molar-refractivity contribution in [2.24, 2.45) is 9.98 Å². The fourth-order valence-corrected chi connectivity index (χ4v) is 3.40. The molecule has 0 aromatic heterocycles. The predicted molar refractivity (Wildman–Crippen MR) is 108 cm³/mol. The highest BCUT2D eigenvalue weighted by Crippen LogP contribution is 2.28. The molecule has 2 aliphatic rings. The van der Waals surface area contributed by atoms with Crippen molar-refractivity contribution in [2.75, 3.05) is 6.67 Å². The molecule has 0 saturated heterocycles. The van der Waals surface area contributed by atoms with Crippen LogP contribution in [0, 0.1) is 5.82 Å². The normalized spacial score (nSPS) is 19.0. The third-order valence-corrected chi connectivity index (χ3v) is 4.95. The van der Waals surface area contributed by atoms with E-state index in [2.05, 4.69) is 21.4 Å². The Morgan fingerprint density at radius 1 is 1.11 bits per heavy atom. The second-order valence-electron chi connectivity index (χ2n) is 6.73. The first-order valence-electron chi connectivity index (χ1n) is 8.96. The van der Waals surface area contributed by atoms with Crippen LogP contribution in [0.4, 0.5) is 4.39 Å². The standard InChI is InChI=1S/C21H20ClFN4/c22-18-6-1-15(2-7-18)12-27-13-24-21(25-14-27)26-20-10-5-17(11-20)16-3-8-19(23)9-4-16/h1-4,6-9,11,13,20H,5,10,12,14H2,(H,25,26). The van der Waals surface area contributed by atoms with Gasteiger partial charge in [0.25, 0.3) is 0 Å². The summed E-state index contributed by atoms with van der Waals surface area (Å²) in [6.07, 6.45) is 5.95. The summed E-state index contributed by atoms with van der Waals surface area (Å²) in [6.45, 7) is 1.31. The van der Waals surface area contributed by atoms with Crippen molar-refractivity contribution < 1.29 is 4.39 Å². The maximum absolute atomic E-state index is 13.1. The Bertz CT molecular complexity index is 887. The van der Waals surface area contributed by atoms with Crippen molar-refractivity contribution in [3.63, 3.8) is 0 Å². The molecule has 0 amide bonds. The molecule has 2 aromatic carbocycles. The summed E-state index contributed by atoms with van der Waals surface area (Å²) < 4.78 is 13.1. The summed E-state index contributed by atoms with van der Waals surface area (Å²) in [7, 11) is 0. The number of rotatable bonds is 4. The molecule has 1 atom stereocenters. The van der Waals surface area contributed by atoms with E-state index in [1.165, 1.54) is 23.3 Å². The number of allylic oxidation sites excluding steroid dienone is 1. The highest BCUT2D eigenvalue weighted by atomic mass is 35.5. The van der Waals surface area contributed by atoms with E-state index in [-0.39, 0.29) is 11.9 Å². The molecule has 0 bridgehead atoms. The van der Waals surface area contributed by atoms with Gasteiger partial charge in [0.15, 0.2) is 0 Å². The number of aliphatic imine (C=N–C) groups is 2. The zero-order valence-corrected chi connectivity index (χ0v) is 15.5. The molecule has 1 heterocycles. The molecule has 1 unspecified atom stereocenters. The van der Waals surface area contributed by atoms with Crippen LogP contribution in [-0.4, -0.2) is 29.9 Å². The van der Waals surface area contributed by atoms with Gasteiger partial charge in [0, 0.05) is 17.6 Å². The molecule has 27 heavy (non-hydrogen) atoms. The number of hydrogen-bond donors (Lipinski definition) is 1. The number of guanidine groups is 1. The Hall–Kier alpha value is -2.66. The molecule has 138 valence electrons. The van der Waals surface area contributed by atoms with Gasteiger partial charge in [-0.1, -0.05) is 41.9 Å². The van der Waals surface area contributed by atoms with Crippen LogP contribution in [0.2, 0.25) is 5.02 Å². The van der Waals surface area contributed by atoms with Gasteiger partial charge in [0.2, 0.25) is 5.96 Å².